The van der Waals surface area contributed by atoms with Gasteiger partial charge in [0.05, 0.1) is 10.6 Å². The number of benzene rings is 3. The molecule has 212 valence electrons. The minimum absolute atomic E-state index is 0.0991. The first kappa shape index (κ1) is 28.8. The number of carbonyl (C=O) groups is 2. The molecule has 0 atom stereocenters. The van der Waals surface area contributed by atoms with Gasteiger partial charge in [-0.25, -0.2) is 4.98 Å². The highest BCUT2D eigenvalue weighted by Crippen LogP contribution is 2.35. The molecule has 4 aromatic rings. The number of para-hydroxylation sites is 1. The molecule has 0 aliphatic carbocycles. The number of carbonyl (C=O) groups excluding carboxylic acids is 2. The van der Waals surface area contributed by atoms with Gasteiger partial charge in [0.15, 0.2) is 0 Å². The summed E-state index contributed by atoms with van der Waals surface area (Å²) < 4.78 is 39.7. The molecule has 1 fully saturated rings. The molecular weight excluding hydrogens is 571 g/mol. The average Bonchev–Trinajstić information content (AvgIpc) is 3.47. The number of aryl methyl sites for hydroxylation is 1. The van der Waals surface area contributed by atoms with Crippen LogP contribution < -0.4 is 5.32 Å². The van der Waals surface area contributed by atoms with Gasteiger partial charge >= 0.3 is 6.18 Å². The molecular formula is C31H27ClF3N3O2S. The highest BCUT2D eigenvalue weighted by molar-refractivity contribution is 7.10. The Bertz CT molecular complexity index is 1550. The van der Waals surface area contributed by atoms with Crippen LogP contribution in [-0.2, 0) is 17.4 Å². The fourth-order valence-electron chi connectivity index (χ4n) is 4.95. The average molecular weight is 598 g/mol. The maximum atomic E-state index is 13.2. The lowest BCUT2D eigenvalue weighted by atomic mass is 9.97. The number of amides is 2. The zero-order valence-corrected chi connectivity index (χ0v) is 23.5. The fourth-order valence-corrected chi connectivity index (χ4v) is 6.15. The molecule has 1 aliphatic heterocycles. The number of alkyl halides is 3. The van der Waals surface area contributed by atoms with Crippen LogP contribution in [-0.4, -0.2) is 34.8 Å². The molecule has 10 heteroatoms. The van der Waals surface area contributed by atoms with Crippen LogP contribution in [0.25, 0.3) is 11.1 Å². The zero-order chi connectivity index (χ0) is 29.0. The number of halogens is 4. The topological polar surface area (TPSA) is 62.3 Å². The fraction of sp³-hybridized carbons (Fsp3) is 0.258. The molecule has 0 saturated carbocycles. The smallest absolute Gasteiger partial charge is 0.343 e. The number of likely N-dealkylation sites (tertiary alicyclic amines) is 1. The van der Waals surface area contributed by atoms with E-state index in [4.69, 9.17) is 11.6 Å². The van der Waals surface area contributed by atoms with Crippen molar-refractivity contribution in [2.75, 3.05) is 18.4 Å². The lowest BCUT2D eigenvalue weighted by Gasteiger charge is -2.31. The van der Waals surface area contributed by atoms with Crippen LogP contribution in [0.3, 0.4) is 0 Å². The van der Waals surface area contributed by atoms with Gasteiger partial charge in [0.2, 0.25) is 5.91 Å². The number of anilines is 1. The van der Waals surface area contributed by atoms with Crippen molar-refractivity contribution in [3.05, 3.63) is 105 Å². The van der Waals surface area contributed by atoms with Crippen LogP contribution in [0.5, 0.6) is 0 Å². The predicted molar refractivity (Wildman–Crippen MR) is 155 cm³/mol. The first-order chi connectivity index (χ1) is 19.7. The van der Waals surface area contributed by atoms with Gasteiger partial charge in [0, 0.05) is 47.1 Å². The molecule has 0 bridgehead atoms. The van der Waals surface area contributed by atoms with E-state index in [1.165, 1.54) is 17.4 Å². The van der Waals surface area contributed by atoms with E-state index in [0.29, 0.717) is 47.8 Å². The van der Waals surface area contributed by atoms with Crippen molar-refractivity contribution >= 4 is 40.4 Å². The molecule has 1 saturated heterocycles. The molecule has 2 heterocycles. The monoisotopic (exact) mass is 597 g/mol. The number of hydrogen-bond donors (Lipinski definition) is 1. The van der Waals surface area contributed by atoms with Crippen molar-refractivity contribution in [2.24, 2.45) is 0 Å². The Kier molecular flexibility index (Phi) is 8.75. The first-order valence-corrected chi connectivity index (χ1v) is 14.5. The van der Waals surface area contributed by atoms with Gasteiger partial charge < -0.3 is 10.2 Å². The number of thiazole rings is 1. The highest BCUT2D eigenvalue weighted by atomic mass is 35.5. The molecule has 1 aliphatic rings. The Hall–Kier alpha value is -3.69. The maximum absolute atomic E-state index is 13.2. The number of piperidine rings is 1. The summed E-state index contributed by atoms with van der Waals surface area (Å²) in [5, 5.41) is 6.01. The van der Waals surface area contributed by atoms with Crippen LogP contribution >= 0.6 is 22.9 Å². The number of hydrogen-bond acceptors (Lipinski definition) is 4. The molecule has 5 rings (SSSR count). The summed E-state index contributed by atoms with van der Waals surface area (Å²) in [7, 11) is 0. The Balaban J connectivity index is 1.19. The molecule has 0 spiro atoms. The first-order valence-electron chi connectivity index (χ1n) is 13.2. The van der Waals surface area contributed by atoms with Crippen LogP contribution in [0, 0.1) is 0 Å². The minimum atomic E-state index is -4.47. The van der Waals surface area contributed by atoms with Crippen molar-refractivity contribution in [2.45, 2.75) is 37.8 Å². The van der Waals surface area contributed by atoms with Gasteiger partial charge in [0.25, 0.3) is 5.91 Å². The van der Waals surface area contributed by atoms with Gasteiger partial charge in [0.1, 0.15) is 5.69 Å². The van der Waals surface area contributed by atoms with Gasteiger partial charge in [-0.15, -0.1) is 11.3 Å². The second-order valence-electron chi connectivity index (χ2n) is 9.90. The van der Waals surface area contributed by atoms with Crippen molar-refractivity contribution < 1.29 is 22.8 Å². The standard InChI is InChI=1S/C31H27ClF3N3O2S/c32-25-10-3-1-6-20(25)12-13-28(39)38-16-14-21(15-17-38)30-37-27(19-41-30)29(40)36-26-11-4-2-9-24(26)22-7-5-8-23(18-22)31(33,34)35/h1-11,18-19,21H,12-17H2,(H,36,40). The van der Waals surface area contributed by atoms with E-state index in [1.54, 1.807) is 35.7 Å². The summed E-state index contributed by atoms with van der Waals surface area (Å²) in [5.74, 6) is -0.187. The van der Waals surface area contributed by atoms with E-state index in [9.17, 15) is 22.8 Å². The molecule has 5 nitrogen and oxygen atoms in total. The summed E-state index contributed by atoms with van der Waals surface area (Å²) in [6.45, 7) is 1.25. The van der Waals surface area contributed by atoms with Gasteiger partial charge in [-0.1, -0.05) is 60.1 Å². The van der Waals surface area contributed by atoms with E-state index in [2.05, 4.69) is 10.3 Å². The number of aromatic nitrogens is 1. The summed E-state index contributed by atoms with van der Waals surface area (Å²) in [5.41, 5.74) is 1.69. The van der Waals surface area contributed by atoms with Gasteiger partial charge in [-0.2, -0.15) is 13.2 Å². The second-order valence-corrected chi connectivity index (χ2v) is 11.2. The Morgan fingerprint density at radius 3 is 2.49 bits per heavy atom. The van der Waals surface area contributed by atoms with E-state index < -0.39 is 17.6 Å². The summed E-state index contributed by atoms with van der Waals surface area (Å²) in [6.07, 6.45) is -1.96. The Morgan fingerprint density at radius 2 is 1.73 bits per heavy atom. The zero-order valence-electron chi connectivity index (χ0n) is 22.0. The molecule has 41 heavy (non-hydrogen) atoms. The van der Waals surface area contributed by atoms with Gasteiger partial charge in [-0.3, -0.25) is 9.59 Å². The van der Waals surface area contributed by atoms with Crippen LogP contribution in [0.4, 0.5) is 18.9 Å². The van der Waals surface area contributed by atoms with Crippen molar-refractivity contribution in [3.63, 3.8) is 0 Å². The Labute approximate surface area is 245 Å². The molecule has 1 aromatic heterocycles. The van der Waals surface area contributed by atoms with Crippen molar-refractivity contribution in [1.82, 2.24) is 9.88 Å². The van der Waals surface area contributed by atoms with E-state index in [0.717, 1.165) is 35.5 Å². The van der Waals surface area contributed by atoms with Crippen molar-refractivity contribution in [1.29, 1.82) is 0 Å². The normalized spacial score (nSPS) is 14.2. The van der Waals surface area contributed by atoms with Crippen LogP contribution in [0.1, 0.15) is 51.8 Å². The summed E-state index contributed by atoms with van der Waals surface area (Å²) >= 11 is 7.61. The predicted octanol–water partition coefficient (Wildman–Crippen LogP) is 8.07. The molecule has 0 unspecified atom stereocenters. The summed E-state index contributed by atoms with van der Waals surface area (Å²) in [6, 6.07) is 19.3. The maximum Gasteiger partial charge on any atom is 0.416 e. The minimum Gasteiger partial charge on any atom is -0.343 e. The second kappa shape index (κ2) is 12.4. The number of nitrogens with one attached hydrogen (secondary N) is 1. The van der Waals surface area contributed by atoms with E-state index in [1.807, 2.05) is 29.2 Å². The third kappa shape index (κ3) is 6.97. The molecule has 0 radical (unpaired) electrons. The summed E-state index contributed by atoms with van der Waals surface area (Å²) in [4.78, 5) is 32.3. The van der Waals surface area contributed by atoms with E-state index in [-0.39, 0.29) is 17.5 Å². The largest absolute Gasteiger partial charge is 0.416 e. The quantitative estimate of drug-likeness (QED) is 0.234. The highest BCUT2D eigenvalue weighted by Gasteiger charge is 2.31. The third-order valence-corrected chi connectivity index (χ3v) is 8.57. The molecule has 1 N–H and O–H groups in total. The third-order valence-electron chi connectivity index (χ3n) is 7.19. The molecule has 2 amide bonds. The number of rotatable bonds is 7. The lowest BCUT2D eigenvalue weighted by molar-refractivity contribution is -0.137. The van der Waals surface area contributed by atoms with E-state index >= 15 is 0 Å². The SMILES string of the molecule is O=C(Nc1ccccc1-c1cccc(C(F)(F)F)c1)c1csc(C2CCN(C(=O)CCc3ccccc3Cl)CC2)n1. The lowest BCUT2D eigenvalue weighted by Crippen LogP contribution is -2.38. The van der Waals surface area contributed by atoms with Crippen LogP contribution in [0.2, 0.25) is 5.02 Å². The Morgan fingerprint density at radius 1 is 1.00 bits per heavy atom. The van der Waals surface area contributed by atoms with Crippen LogP contribution in [0.15, 0.2) is 78.2 Å². The van der Waals surface area contributed by atoms with Crippen molar-refractivity contribution in [3.8, 4) is 11.1 Å². The number of nitrogens with zero attached hydrogens (tertiary/aromatic N) is 2. The molecule has 3 aromatic carbocycles. The van der Waals surface area contributed by atoms with Gasteiger partial charge in [-0.05, 0) is 54.7 Å².